The van der Waals surface area contributed by atoms with Crippen molar-refractivity contribution in [3.8, 4) is 0 Å². The van der Waals surface area contributed by atoms with Crippen LogP contribution in [0.1, 0.15) is 41.3 Å². The van der Waals surface area contributed by atoms with E-state index in [0.717, 1.165) is 29.1 Å². The number of halogens is 1. The molecule has 2 amide bonds. The molecular weight excluding hydrogens is 410 g/mol. The number of nitrogens with one attached hydrogen (secondary N) is 1. The van der Waals surface area contributed by atoms with Gasteiger partial charge in [0.25, 0.3) is 0 Å². The molecule has 5 nitrogen and oxygen atoms in total. The van der Waals surface area contributed by atoms with E-state index in [1.54, 1.807) is 0 Å². The van der Waals surface area contributed by atoms with Gasteiger partial charge in [0.05, 0.1) is 6.04 Å². The fourth-order valence-corrected chi connectivity index (χ4v) is 4.18. The first kappa shape index (κ1) is 21.2. The van der Waals surface area contributed by atoms with Crippen LogP contribution in [0.4, 0.5) is 5.69 Å². The van der Waals surface area contributed by atoms with Crippen molar-refractivity contribution in [1.29, 1.82) is 0 Å². The maximum Gasteiger partial charge on any atom is 0.224 e. The Bertz CT molecular complexity index is 1100. The van der Waals surface area contributed by atoms with Crippen LogP contribution in [0.15, 0.2) is 60.8 Å². The maximum absolute atomic E-state index is 13.1. The molecule has 0 saturated carbocycles. The number of amides is 2. The molecule has 0 aliphatic carbocycles. The minimum absolute atomic E-state index is 0.0253. The van der Waals surface area contributed by atoms with E-state index in [2.05, 4.69) is 9.88 Å². The number of aryl methyl sites for hydroxylation is 2. The van der Waals surface area contributed by atoms with Gasteiger partial charge in [-0.3, -0.25) is 9.59 Å². The Morgan fingerprint density at radius 3 is 2.52 bits per heavy atom. The lowest BCUT2D eigenvalue weighted by molar-refractivity contribution is -0.135. The summed E-state index contributed by atoms with van der Waals surface area (Å²) in [4.78, 5) is 27.5. The Hall–Kier alpha value is -3.05. The number of benzene rings is 2. The smallest absolute Gasteiger partial charge is 0.224 e. The zero-order chi connectivity index (χ0) is 22.0. The monoisotopic (exact) mass is 435 g/mol. The van der Waals surface area contributed by atoms with E-state index in [1.807, 2.05) is 79.5 Å². The molecule has 1 aromatic heterocycles. The molecule has 0 spiro atoms. The molecule has 0 fully saturated rings. The summed E-state index contributed by atoms with van der Waals surface area (Å²) >= 11 is 6.07. The molecule has 4 rings (SSSR count). The Morgan fingerprint density at radius 2 is 1.77 bits per heavy atom. The van der Waals surface area contributed by atoms with Crippen LogP contribution < -0.4 is 5.32 Å². The largest absolute Gasteiger partial charge is 0.348 e. The molecule has 160 valence electrons. The second kappa shape index (κ2) is 8.98. The molecule has 1 aliphatic heterocycles. The quantitative estimate of drug-likeness (QED) is 0.605. The van der Waals surface area contributed by atoms with Crippen LogP contribution in [-0.2, 0) is 16.1 Å². The van der Waals surface area contributed by atoms with E-state index >= 15 is 0 Å². The van der Waals surface area contributed by atoms with E-state index in [0.29, 0.717) is 11.6 Å². The second-order valence-electron chi connectivity index (χ2n) is 8.01. The van der Waals surface area contributed by atoms with Gasteiger partial charge >= 0.3 is 0 Å². The summed E-state index contributed by atoms with van der Waals surface area (Å²) < 4.78 is 2.18. The molecule has 0 bridgehead atoms. The average molecular weight is 436 g/mol. The van der Waals surface area contributed by atoms with Gasteiger partial charge < -0.3 is 14.8 Å². The Morgan fingerprint density at radius 1 is 1.00 bits per heavy atom. The van der Waals surface area contributed by atoms with Crippen molar-refractivity contribution in [3.63, 3.8) is 0 Å². The standard InChI is InChI=1S/C25H26ClN3O2/c1-17-5-10-21(16-18(17)2)27-23(30)11-12-24(31)29-15-14-28-13-3-4-22(28)25(29)19-6-8-20(26)9-7-19/h3-10,13,16,25H,11-12,14-15H2,1-2H3,(H,27,30). The second-order valence-corrected chi connectivity index (χ2v) is 8.45. The van der Waals surface area contributed by atoms with E-state index in [4.69, 9.17) is 11.6 Å². The van der Waals surface area contributed by atoms with Crippen molar-refractivity contribution in [3.05, 3.63) is 88.2 Å². The summed E-state index contributed by atoms with van der Waals surface area (Å²) in [6, 6.07) is 17.3. The van der Waals surface area contributed by atoms with Crippen molar-refractivity contribution in [1.82, 2.24) is 9.47 Å². The van der Waals surface area contributed by atoms with Gasteiger partial charge in [0, 0.05) is 48.5 Å². The van der Waals surface area contributed by atoms with E-state index in [-0.39, 0.29) is 30.7 Å². The minimum atomic E-state index is -0.184. The highest BCUT2D eigenvalue weighted by atomic mass is 35.5. The van der Waals surface area contributed by atoms with Gasteiger partial charge in [-0.15, -0.1) is 0 Å². The third kappa shape index (κ3) is 4.67. The van der Waals surface area contributed by atoms with Crippen molar-refractivity contribution in [2.75, 3.05) is 11.9 Å². The predicted octanol–water partition coefficient (Wildman–Crippen LogP) is 5.11. The first-order valence-corrected chi connectivity index (χ1v) is 10.9. The Labute approximate surface area is 187 Å². The van der Waals surface area contributed by atoms with Gasteiger partial charge in [-0.1, -0.05) is 29.8 Å². The predicted molar refractivity (Wildman–Crippen MR) is 123 cm³/mol. The molecule has 3 aromatic rings. The molecule has 31 heavy (non-hydrogen) atoms. The van der Waals surface area contributed by atoms with Gasteiger partial charge in [0.15, 0.2) is 0 Å². The first-order chi connectivity index (χ1) is 14.9. The van der Waals surface area contributed by atoms with Gasteiger partial charge in [0.1, 0.15) is 0 Å². The van der Waals surface area contributed by atoms with Gasteiger partial charge in [0.2, 0.25) is 11.8 Å². The van der Waals surface area contributed by atoms with Gasteiger partial charge in [-0.2, -0.15) is 0 Å². The number of hydrogen-bond acceptors (Lipinski definition) is 2. The molecule has 6 heteroatoms. The molecule has 1 N–H and O–H groups in total. The van der Waals surface area contributed by atoms with E-state index in [1.165, 1.54) is 5.56 Å². The zero-order valence-corrected chi connectivity index (χ0v) is 18.5. The van der Waals surface area contributed by atoms with E-state index < -0.39 is 0 Å². The molecule has 2 aromatic carbocycles. The molecule has 1 aliphatic rings. The molecule has 0 radical (unpaired) electrons. The molecule has 2 heterocycles. The van der Waals surface area contributed by atoms with Gasteiger partial charge in [-0.25, -0.2) is 0 Å². The lowest BCUT2D eigenvalue weighted by Crippen LogP contribution is -2.42. The third-order valence-electron chi connectivity index (χ3n) is 5.90. The number of aromatic nitrogens is 1. The highest BCUT2D eigenvalue weighted by Crippen LogP contribution is 2.33. The van der Waals surface area contributed by atoms with Crippen LogP contribution in [0.5, 0.6) is 0 Å². The third-order valence-corrected chi connectivity index (χ3v) is 6.15. The fraction of sp³-hybridized carbons (Fsp3) is 0.280. The number of anilines is 1. The lowest BCUT2D eigenvalue weighted by Gasteiger charge is -2.37. The average Bonchev–Trinajstić information content (AvgIpc) is 3.23. The number of fused-ring (bicyclic) bond motifs is 1. The fourth-order valence-electron chi connectivity index (χ4n) is 4.05. The number of hydrogen-bond donors (Lipinski definition) is 1. The first-order valence-electron chi connectivity index (χ1n) is 10.5. The topological polar surface area (TPSA) is 54.3 Å². The normalized spacial score (nSPS) is 15.5. The summed E-state index contributed by atoms with van der Waals surface area (Å²) in [7, 11) is 0. The summed E-state index contributed by atoms with van der Waals surface area (Å²) in [5.74, 6) is -0.178. The van der Waals surface area contributed by atoms with Crippen LogP contribution in [0.3, 0.4) is 0 Å². The number of rotatable bonds is 5. The Balaban J connectivity index is 1.45. The molecule has 1 unspecified atom stereocenters. The number of carbonyl (C=O) groups is 2. The number of nitrogens with zero attached hydrogens (tertiary/aromatic N) is 2. The molecule has 1 atom stereocenters. The Kier molecular flexibility index (Phi) is 6.14. The van der Waals surface area contributed by atoms with E-state index in [9.17, 15) is 9.59 Å². The highest BCUT2D eigenvalue weighted by Gasteiger charge is 2.32. The molecule has 0 saturated heterocycles. The van der Waals surface area contributed by atoms with Crippen molar-refractivity contribution in [2.24, 2.45) is 0 Å². The number of carbonyl (C=O) groups excluding carboxylic acids is 2. The van der Waals surface area contributed by atoms with Crippen LogP contribution in [0.2, 0.25) is 5.02 Å². The van der Waals surface area contributed by atoms with Crippen molar-refractivity contribution < 1.29 is 9.59 Å². The van der Waals surface area contributed by atoms with Crippen LogP contribution in [0.25, 0.3) is 0 Å². The highest BCUT2D eigenvalue weighted by molar-refractivity contribution is 6.30. The maximum atomic E-state index is 13.1. The summed E-state index contributed by atoms with van der Waals surface area (Å²) in [5.41, 5.74) is 5.14. The SMILES string of the molecule is Cc1ccc(NC(=O)CCC(=O)N2CCn3cccc3C2c2ccc(Cl)cc2)cc1C. The summed E-state index contributed by atoms with van der Waals surface area (Å²) in [5, 5.41) is 3.56. The van der Waals surface area contributed by atoms with Gasteiger partial charge in [-0.05, 0) is 66.9 Å². The van der Waals surface area contributed by atoms with Crippen molar-refractivity contribution in [2.45, 2.75) is 39.3 Å². The minimum Gasteiger partial charge on any atom is -0.348 e. The summed E-state index contributed by atoms with van der Waals surface area (Å²) in [6.07, 6.45) is 2.36. The van der Waals surface area contributed by atoms with Crippen LogP contribution in [0, 0.1) is 13.8 Å². The van der Waals surface area contributed by atoms with Crippen LogP contribution >= 0.6 is 11.6 Å². The lowest BCUT2D eigenvalue weighted by atomic mass is 9.99. The summed E-state index contributed by atoms with van der Waals surface area (Å²) in [6.45, 7) is 5.39. The van der Waals surface area contributed by atoms with Crippen LogP contribution in [-0.4, -0.2) is 27.8 Å². The molecular formula is C25H26ClN3O2. The zero-order valence-electron chi connectivity index (χ0n) is 17.8. The van der Waals surface area contributed by atoms with Crippen molar-refractivity contribution >= 4 is 29.1 Å².